The van der Waals surface area contributed by atoms with Crippen LogP contribution in [0, 0.1) is 0 Å². The van der Waals surface area contributed by atoms with E-state index in [9.17, 15) is 5.11 Å². The molecule has 2 heterocycles. The van der Waals surface area contributed by atoms with Crippen LogP contribution in [0.5, 0.6) is 17.2 Å². The predicted molar refractivity (Wildman–Crippen MR) is 132 cm³/mol. The first kappa shape index (κ1) is 20.1. The second-order valence-corrected chi connectivity index (χ2v) is 7.53. The molecule has 0 aliphatic rings. The van der Waals surface area contributed by atoms with E-state index < -0.39 is 0 Å². The van der Waals surface area contributed by atoms with Crippen LogP contribution in [0.25, 0.3) is 32.6 Å². The predicted octanol–water partition coefficient (Wildman–Crippen LogP) is 5.61. The Balaban J connectivity index is 0.000000162. The molecule has 6 N–H and O–H groups in total. The lowest BCUT2D eigenvalue weighted by molar-refractivity contribution is 0.476. The molecule has 0 aliphatic carbocycles. The van der Waals surface area contributed by atoms with Crippen LogP contribution >= 0.6 is 0 Å². The summed E-state index contributed by atoms with van der Waals surface area (Å²) in [6, 6.07) is 24.3. The highest BCUT2D eigenvalue weighted by molar-refractivity contribution is 5.94. The van der Waals surface area contributed by atoms with Gasteiger partial charge in [-0.05, 0) is 65.4 Å². The van der Waals surface area contributed by atoms with Gasteiger partial charge in [-0.25, -0.2) is 4.98 Å². The molecule has 7 nitrogen and oxygen atoms in total. The van der Waals surface area contributed by atoms with Crippen molar-refractivity contribution < 1.29 is 9.84 Å². The number of rotatable bonds is 2. The summed E-state index contributed by atoms with van der Waals surface area (Å²) < 4.78 is 5.96. The first-order valence-electron chi connectivity index (χ1n) is 10.3. The number of nitrogens with zero attached hydrogens (tertiary/aromatic N) is 2. The molecule has 6 rings (SSSR count). The zero-order valence-electron chi connectivity index (χ0n) is 17.6. The van der Waals surface area contributed by atoms with E-state index in [1.54, 1.807) is 24.5 Å². The molecule has 33 heavy (non-hydrogen) atoms. The SMILES string of the molecule is Nc1cccc2cc(O)ccc12.Nc1cccc2cc(Oc3ccnc4[nH]ncc34)ccc12. The van der Waals surface area contributed by atoms with Crippen LogP contribution in [0.2, 0.25) is 0 Å². The van der Waals surface area contributed by atoms with Crippen molar-refractivity contribution in [3.05, 3.63) is 91.3 Å². The number of anilines is 2. The second-order valence-electron chi connectivity index (χ2n) is 7.53. The molecule has 0 fully saturated rings. The monoisotopic (exact) mass is 435 g/mol. The van der Waals surface area contributed by atoms with Gasteiger partial charge in [0.05, 0.1) is 11.6 Å². The molecule has 0 unspecified atom stereocenters. The van der Waals surface area contributed by atoms with Crippen molar-refractivity contribution in [1.82, 2.24) is 15.2 Å². The zero-order valence-corrected chi connectivity index (χ0v) is 17.6. The molecule has 162 valence electrons. The number of H-pyrrole nitrogens is 1. The van der Waals surface area contributed by atoms with Gasteiger partial charge in [0.15, 0.2) is 5.65 Å². The molecule has 0 radical (unpaired) electrons. The normalized spacial score (nSPS) is 10.8. The van der Waals surface area contributed by atoms with Gasteiger partial charge in [0.1, 0.15) is 17.2 Å². The van der Waals surface area contributed by atoms with E-state index in [4.69, 9.17) is 16.2 Å². The molecule has 2 aromatic heterocycles. The van der Waals surface area contributed by atoms with Gasteiger partial charge in [-0.2, -0.15) is 5.10 Å². The Labute approximate surface area is 189 Å². The van der Waals surface area contributed by atoms with Crippen LogP contribution in [0.15, 0.2) is 91.3 Å². The van der Waals surface area contributed by atoms with E-state index in [1.165, 1.54) is 0 Å². The van der Waals surface area contributed by atoms with Crippen molar-refractivity contribution in [2.45, 2.75) is 0 Å². The van der Waals surface area contributed by atoms with Gasteiger partial charge in [0, 0.05) is 28.3 Å². The van der Waals surface area contributed by atoms with Crippen molar-refractivity contribution in [1.29, 1.82) is 0 Å². The van der Waals surface area contributed by atoms with Crippen molar-refractivity contribution in [3.63, 3.8) is 0 Å². The number of fused-ring (bicyclic) bond motifs is 3. The maximum absolute atomic E-state index is 9.18. The molecule has 0 bridgehead atoms. The van der Waals surface area contributed by atoms with Crippen LogP contribution in [0.4, 0.5) is 11.4 Å². The van der Waals surface area contributed by atoms with E-state index in [2.05, 4.69) is 15.2 Å². The van der Waals surface area contributed by atoms with Crippen LogP contribution in [-0.2, 0) is 0 Å². The number of nitrogens with two attached hydrogens (primary N) is 2. The van der Waals surface area contributed by atoms with Gasteiger partial charge < -0.3 is 21.3 Å². The maximum atomic E-state index is 9.18. The van der Waals surface area contributed by atoms with Gasteiger partial charge in [0.2, 0.25) is 0 Å². The standard InChI is InChI=1S/C16H12N4O.C10H9NO/c17-14-3-1-2-10-8-11(4-5-12(10)14)21-15-6-7-18-16-13(15)9-19-20-16;11-10-3-1-2-7-6-8(12)4-5-9(7)10/h1-9H,17H2,(H,18,19,20);1-6,12H,11H2. The zero-order chi connectivity index (χ0) is 22.8. The summed E-state index contributed by atoms with van der Waals surface area (Å²) in [7, 11) is 0. The van der Waals surface area contributed by atoms with Crippen LogP contribution in [0.1, 0.15) is 0 Å². The third-order valence-corrected chi connectivity index (χ3v) is 5.33. The molecular formula is C26H21N5O2. The minimum absolute atomic E-state index is 0.271. The van der Waals surface area contributed by atoms with Gasteiger partial charge in [-0.1, -0.05) is 24.3 Å². The Kier molecular flexibility index (Phi) is 5.12. The van der Waals surface area contributed by atoms with Gasteiger partial charge in [-0.15, -0.1) is 0 Å². The largest absolute Gasteiger partial charge is 0.508 e. The van der Waals surface area contributed by atoms with E-state index in [0.29, 0.717) is 5.65 Å². The molecule has 6 aromatic rings. The summed E-state index contributed by atoms with van der Waals surface area (Å²) in [6.45, 7) is 0. The van der Waals surface area contributed by atoms with Gasteiger partial charge >= 0.3 is 0 Å². The number of ether oxygens (including phenoxy) is 1. The third kappa shape index (κ3) is 4.07. The van der Waals surface area contributed by atoms with Gasteiger partial charge in [-0.3, -0.25) is 5.10 Å². The maximum Gasteiger partial charge on any atom is 0.158 e. The fraction of sp³-hybridized carbons (Fsp3) is 0. The number of hydrogen-bond acceptors (Lipinski definition) is 6. The molecule has 4 aromatic carbocycles. The summed E-state index contributed by atoms with van der Waals surface area (Å²) in [6.07, 6.45) is 3.39. The molecule has 0 aliphatic heterocycles. The lowest BCUT2D eigenvalue weighted by Gasteiger charge is -2.08. The summed E-state index contributed by atoms with van der Waals surface area (Å²) in [5, 5.41) is 20.9. The number of phenols is 1. The fourth-order valence-corrected chi connectivity index (χ4v) is 3.69. The van der Waals surface area contributed by atoms with E-state index in [0.717, 1.165) is 49.8 Å². The molecule has 0 atom stereocenters. The number of nitrogen functional groups attached to an aromatic ring is 2. The number of aromatic hydroxyl groups is 1. The smallest absolute Gasteiger partial charge is 0.158 e. The van der Waals surface area contributed by atoms with E-state index in [-0.39, 0.29) is 5.75 Å². The summed E-state index contributed by atoms with van der Waals surface area (Å²) in [5.74, 6) is 1.74. The quantitative estimate of drug-likeness (QED) is 0.262. The Morgan fingerprint density at radius 3 is 2.21 bits per heavy atom. The average molecular weight is 435 g/mol. The summed E-state index contributed by atoms with van der Waals surface area (Å²) in [5.41, 5.74) is 13.9. The molecule has 0 saturated heterocycles. The first-order chi connectivity index (χ1) is 16.1. The third-order valence-electron chi connectivity index (χ3n) is 5.33. The number of pyridine rings is 1. The van der Waals surface area contributed by atoms with Crippen LogP contribution < -0.4 is 16.2 Å². The lowest BCUT2D eigenvalue weighted by atomic mass is 10.1. The number of phenolic OH excluding ortho intramolecular Hbond substituents is 1. The first-order valence-corrected chi connectivity index (χ1v) is 10.3. The highest BCUT2D eigenvalue weighted by atomic mass is 16.5. The van der Waals surface area contributed by atoms with E-state index >= 15 is 0 Å². The van der Waals surface area contributed by atoms with Crippen molar-refractivity contribution in [3.8, 4) is 17.2 Å². The average Bonchev–Trinajstić information content (AvgIpc) is 3.30. The Morgan fingerprint density at radius 2 is 1.45 bits per heavy atom. The molecule has 0 saturated carbocycles. The number of benzene rings is 4. The van der Waals surface area contributed by atoms with Crippen molar-refractivity contribution in [2.24, 2.45) is 0 Å². The number of aromatic amines is 1. The number of nitrogens with one attached hydrogen (secondary N) is 1. The minimum atomic E-state index is 0.271. The highest BCUT2D eigenvalue weighted by Gasteiger charge is 2.07. The second kappa shape index (κ2) is 8.39. The topological polar surface area (TPSA) is 123 Å². The van der Waals surface area contributed by atoms with Crippen molar-refractivity contribution >= 4 is 44.0 Å². The van der Waals surface area contributed by atoms with E-state index in [1.807, 2.05) is 66.7 Å². The number of hydrogen-bond donors (Lipinski definition) is 4. The highest BCUT2D eigenvalue weighted by Crippen LogP contribution is 2.31. The minimum Gasteiger partial charge on any atom is -0.508 e. The Morgan fingerprint density at radius 1 is 0.758 bits per heavy atom. The fourth-order valence-electron chi connectivity index (χ4n) is 3.69. The molecule has 7 heteroatoms. The Hall–Kier alpha value is -4.78. The van der Waals surface area contributed by atoms with Gasteiger partial charge in [0.25, 0.3) is 0 Å². The van der Waals surface area contributed by atoms with Crippen LogP contribution in [-0.4, -0.2) is 20.3 Å². The van der Waals surface area contributed by atoms with Crippen LogP contribution in [0.3, 0.4) is 0 Å². The molecule has 0 spiro atoms. The summed E-state index contributed by atoms with van der Waals surface area (Å²) in [4.78, 5) is 4.19. The number of aromatic nitrogens is 3. The Bertz CT molecular complexity index is 1590. The van der Waals surface area contributed by atoms with Crippen molar-refractivity contribution in [2.75, 3.05) is 11.5 Å². The lowest BCUT2D eigenvalue weighted by Crippen LogP contribution is -1.89. The molecular weight excluding hydrogens is 414 g/mol. The summed E-state index contributed by atoms with van der Waals surface area (Å²) >= 11 is 0. The molecule has 0 amide bonds.